The van der Waals surface area contributed by atoms with Gasteiger partial charge in [-0.15, -0.1) is 0 Å². The Morgan fingerprint density at radius 3 is 1.59 bits per heavy atom. The Hall–Kier alpha value is -1.89. The van der Waals surface area contributed by atoms with E-state index in [0.29, 0.717) is 0 Å². The molecule has 22 heavy (non-hydrogen) atoms. The second-order valence-electron chi connectivity index (χ2n) is 7.86. The molecule has 1 nitrogen and oxygen atoms in total. The van der Waals surface area contributed by atoms with E-state index in [1.807, 2.05) is 6.07 Å². The average molecular weight is 295 g/mol. The summed E-state index contributed by atoms with van der Waals surface area (Å²) in [6.07, 6.45) is 4.31. The molecule has 0 unspecified atom stereocenters. The molecular formula is C21H27O+. The third-order valence-electron chi connectivity index (χ3n) is 3.56. The van der Waals surface area contributed by atoms with E-state index < -0.39 is 0 Å². The summed E-state index contributed by atoms with van der Waals surface area (Å²) in [5.41, 5.74) is 2.38. The lowest BCUT2D eigenvalue weighted by atomic mass is 9.88. The van der Waals surface area contributed by atoms with E-state index in [9.17, 15) is 0 Å². The normalized spacial score (nSPS) is 12.8. The third-order valence-corrected chi connectivity index (χ3v) is 3.56. The van der Waals surface area contributed by atoms with Gasteiger partial charge in [0.25, 0.3) is 0 Å². The topological polar surface area (TPSA) is 11.3 Å². The fourth-order valence-electron chi connectivity index (χ4n) is 2.11. The highest BCUT2D eigenvalue weighted by Crippen LogP contribution is 2.30. The Balaban J connectivity index is 2.45. The Morgan fingerprint density at radius 1 is 0.682 bits per heavy atom. The highest BCUT2D eigenvalue weighted by atomic mass is 16.3. The van der Waals surface area contributed by atoms with Crippen LogP contribution in [0.2, 0.25) is 0 Å². The zero-order chi connectivity index (χ0) is 16.4. The van der Waals surface area contributed by atoms with Crippen LogP contribution in [-0.2, 0) is 10.8 Å². The molecule has 0 aliphatic rings. The van der Waals surface area contributed by atoms with Gasteiger partial charge in [-0.1, -0.05) is 42.5 Å². The first kappa shape index (κ1) is 16.5. The highest BCUT2D eigenvalue weighted by molar-refractivity contribution is 5.69. The predicted octanol–water partition coefficient (Wildman–Crippen LogP) is 6.33. The maximum absolute atomic E-state index is 6.17. The average Bonchev–Trinajstić information content (AvgIpc) is 2.44. The second kappa shape index (κ2) is 6.08. The summed E-state index contributed by atoms with van der Waals surface area (Å²) in [5.74, 6) is 2.04. The molecule has 0 bridgehead atoms. The van der Waals surface area contributed by atoms with Gasteiger partial charge in [-0.25, -0.2) is 4.42 Å². The smallest absolute Gasteiger partial charge is 0.217 e. The monoisotopic (exact) mass is 295 g/mol. The molecule has 0 fully saturated rings. The van der Waals surface area contributed by atoms with E-state index in [4.69, 9.17) is 4.42 Å². The minimum absolute atomic E-state index is 0.00338. The van der Waals surface area contributed by atoms with Crippen molar-refractivity contribution in [2.45, 2.75) is 52.4 Å². The van der Waals surface area contributed by atoms with Gasteiger partial charge in [0.15, 0.2) is 0 Å². The van der Waals surface area contributed by atoms with E-state index >= 15 is 0 Å². The third kappa shape index (κ3) is 4.30. The summed E-state index contributed by atoms with van der Waals surface area (Å²) in [7, 11) is 0. The zero-order valence-corrected chi connectivity index (χ0v) is 14.6. The van der Waals surface area contributed by atoms with E-state index in [-0.39, 0.29) is 10.8 Å². The van der Waals surface area contributed by atoms with Crippen molar-refractivity contribution in [1.29, 1.82) is 0 Å². The van der Waals surface area contributed by atoms with Crippen molar-refractivity contribution in [3.63, 3.8) is 0 Å². The van der Waals surface area contributed by atoms with E-state index in [0.717, 1.165) is 11.5 Å². The fraction of sp³-hybridized carbons (Fsp3) is 0.381. The Labute approximate surface area is 134 Å². The lowest BCUT2D eigenvalue weighted by Gasteiger charge is -2.14. The van der Waals surface area contributed by atoms with Crippen LogP contribution in [0.5, 0.6) is 0 Å². The first-order valence-electron chi connectivity index (χ1n) is 7.88. The molecular weight excluding hydrogens is 268 g/mol. The van der Waals surface area contributed by atoms with E-state index in [1.54, 1.807) is 0 Å². The van der Waals surface area contributed by atoms with Crippen LogP contribution in [0.4, 0.5) is 0 Å². The van der Waals surface area contributed by atoms with Crippen LogP contribution >= 0.6 is 0 Å². The minimum Gasteiger partial charge on any atom is -0.217 e. The second-order valence-corrected chi connectivity index (χ2v) is 7.86. The number of hydrogen-bond donors (Lipinski definition) is 0. The molecule has 1 aromatic carbocycles. The van der Waals surface area contributed by atoms with Crippen molar-refractivity contribution in [1.82, 2.24) is 0 Å². The van der Waals surface area contributed by atoms with E-state index in [1.165, 1.54) is 11.1 Å². The molecule has 2 aromatic rings. The van der Waals surface area contributed by atoms with Gasteiger partial charge in [0.1, 0.15) is 0 Å². The Kier molecular flexibility index (Phi) is 4.55. The number of benzene rings is 1. The van der Waals surface area contributed by atoms with Crippen molar-refractivity contribution < 1.29 is 4.42 Å². The van der Waals surface area contributed by atoms with Crippen molar-refractivity contribution in [2.75, 3.05) is 0 Å². The van der Waals surface area contributed by atoms with Gasteiger partial charge in [-0.2, -0.15) is 0 Å². The summed E-state index contributed by atoms with van der Waals surface area (Å²) in [4.78, 5) is 0. The van der Waals surface area contributed by atoms with Gasteiger partial charge >= 0.3 is 11.5 Å². The number of hydrogen-bond acceptors (Lipinski definition) is 0. The van der Waals surface area contributed by atoms with Crippen LogP contribution in [0.15, 0.2) is 46.9 Å². The zero-order valence-electron chi connectivity index (χ0n) is 14.6. The molecule has 0 spiro atoms. The molecule has 1 heteroatoms. The summed E-state index contributed by atoms with van der Waals surface area (Å²) >= 11 is 0. The first-order valence-corrected chi connectivity index (χ1v) is 7.88. The summed E-state index contributed by atoms with van der Waals surface area (Å²) in [6.45, 7) is 13.1. The van der Waals surface area contributed by atoms with Crippen LogP contribution < -0.4 is 0 Å². The van der Waals surface area contributed by atoms with Crippen LogP contribution in [-0.4, -0.2) is 0 Å². The molecule has 2 rings (SSSR count). The minimum atomic E-state index is -0.00338. The maximum atomic E-state index is 6.17. The van der Waals surface area contributed by atoms with Crippen LogP contribution in [0, 0.1) is 0 Å². The van der Waals surface area contributed by atoms with Gasteiger partial charge in [-0.3, -0.25) is 0 Å². The lowest BCUT2D eigenvalue weighted by molar-refractivity contribution is 0.328. The van der Waals surface area contributed by atoms with Crippen molar-refractivity contribution >= 4 is 12.2 Å². The molecule has 0 N–H and O–H groups in total. The van der Waals surface area contributed by atoms with Gasteiger partial charge < -0.3 is 0 Å². The molecule has 0 aliphatic heterocycles. The molecule has 0 saturated carbocycles. The molecule has 0 atom stereocenters. The van der Waals surface area contributed by atoms with Gasteiger partial charge in [0, 0.05) is 12.1 Å². The maximum Gasteiger partial charge on any atom is 0.335 e. The number of rotatable bonds is 2. The van der Waals surface area contributed by atoms with Crippen LogP contribution in [0.3, 0.4) is 0 Å². The molecule has 1 aromatic heterocycles. The molecule has 0 saturated heterocycles. The Morgan fingerprint density at radius 2 is 1.14 bits per heavy atom. The van der Waals surface area contributed by atoms with Gasteiger partial charge in [0.05, 0.1) is 10.8 Å². The van der Waals surface area contributed by atoms with Crippen LogP contribution in [0.1, 0.15) is 64.2 Å². The predicted molar refractivity (Wildman–Crippen MR) is 95.9 cm³/mol. The molecule has 116 valence electrons. The highest BCUT2D eigenvalue weighted by Gasteiger charge is 2.33. The first-order chi connectivity index (χ1) is 10.2. The van der Waals surface area contributed by atoms with Gasteiger partial charge in [0.2, 0.25) is 0 Å². The molecule has 1 heterocycles. The van der Waals surface area contributed by atoms with Crippen molar-refractivity contribution in [3.05, 3.63) is 65.1 Å². The van der Waals surface area contributed by atoms with E-state index in [2.05, 4.69) is 90.1 Å². The summed E-state index contributed by atoms with van der Waals surface area (Å²) in [6, 6.07) is 14.7. The molecule has 0 aliphatic carbocycles. The standard InChI is InChI=1S/C21H27O/c1-20(2,3)18-14-17(15-19(22-18)21(4,5)6)13-12-16-10-8-7-9-11-16/h7-15H,1-6H3/q+1/b13-12+. The molecule has 0 amide bonds. The quantitative estimate of drug-likeness (QED) is 0.589. The lowest BCUT2D eigenvalue weighted by Crippen LogP contribution is -2.16. The van der Waals surface area contributed by atoms with Crippen molar-refractivity contribution in [2.24, 2.45) is 0 Å². The SMILES string of the molecule is CC(C)(C)c1cc(/C=C/c2ccccc2)cc(C(C)(C)C)[o+]1. The fourth-order valence-corrected chi connectivity index (χ4v) is 2.11. The molecule has 0 radical (unpaired) electrons. The Bertz CT molecular complexity index is 620. The van der Waals surface area contributed by atoms with Crippen molar-refractivity contribution in [3.8, 4) is 0 Å². The largest absolute Gasteiger partial charge is 0.335 e. The summed E-state index contributed by atoms with van der Waals surface area (Å²) in [5, 5.41) is 0. The summed E-state index contributed by atoms with van der Waals surface area (Å²) < 4.78 is 6.17. The van der Waals surface area contributed by atoms with Crippen LogP contribution in [0.25, 0.3) is 12.2 Å². The van der Waals surface area contributed by atoms with Gasteiger partial charge in [-0.05, 0) is 52.7 Å².